The first-order valence-electron chi connectivity index (χ1n) is 7.32. The molecule has 1 aliphatic carbocycles. The van der Waals surface area contributed by atoms with E-state index in [1.165, 1.54) is 17.5 Å². The Balaban J connectivity index is 1.73. The first-order valence-corrected chi connectivity index (χ1v) is 7.32. The lowest BCUT2D eigenvalue weighted by molar-refractivity contribution is -0.126. The van der Waals surface area contributed by atoms with Crippen molar-refractivity contribution in [2.75, 3.05) is 18.0 Å². The smallest absolute Gasteiger partial charge is 0.227 e. The zero-order valence-electron chi connectivity index (χ0n) is 11.9. The van der Waals surface area contributed by atoms with Crippen molar-refractivity contribution in [2.24, 2.45) is 5.92 Å². The molecule has 0 aromatic heterocycles. The highest BCUT2D eigenvalue weighted by molar-refractivity contribution is 6.00. The predicted octanol–water partition coefficient (Wildman–Crippen LogP) is 1.28. The fourth-order valence-electron chi connectivity index (χ4n) is 3.14. The monoisotopic (exact) mass is 282 g/mol. The SMILES string of the molecule is C#CCNC(=O)C1CC(=O)N(c2ccc3c(c2)CCC3)C1. The molecule has 1 heterocycles. The Morgan fingerprint density at radius 1 is 1.38 bits per heavy atom. The van der Waals surface area contributed by atoms with Crippen LogP contribution in [0.1, 0.15) is 24.0 Å². The Hall–Kier alpha value is -2.28. The molecule has 0 bridgehead atoms. The molecule has 0 spiro atoms. The van der Waals surface area contributed by atoms with Crippen molar-refractivity contribution in [3.8, 4) is 12.3 Å². The summed E-state index contributed by atoms with van der Waals surface area (Å²) in [4.78, 5) is 25.8. The molecule has 2 amide bonds. The third-order valence-corrected chi connectivity index (χ3v) is 4.25. The molecule has 1 N–H and O–H groups in total. The molecule has 3 rings (SSSR count). The van der Waals surface area contributed by atoms with E-state index >= 15 is 0 Å². The number of fused-ring (bicyclic) bond motifs is 1. The molecule has 0 radical (unpaired) electrons. The van der Waals surface area contributed by atoms with Crippen LogP contribution in [0.2, 0.25) is 0 Å². The molecule has 1 aromatic rings. The van der Waals surface area contributed by atoms with Crippen LogP contribution in [0.3, 0.4) is 0 Å². The number of terminal acetylenes is 1. The summed E-state index contributed by atoms with van der Waals surface area (Å²) >= 11 is 0. The van der Waals surface area contributed by atoms with E-state index in [2.05, 4.69) is 23.4 Å². The average Bonchev–Trinajstić information content (AvgIpc) is 3.10. The van der Waals surface area contributed by atoms with Crippen LogP contribution in [0.15, 0.2) is 18.2 Å². The van der Waals surface area contributed by atoms with Gasteiger partial charge in [0.25, 0.3) is 0 Å². The van der Waals surface area contributed by atoms with Crippen molar-refractivity contribution in [1.82, 2.24) is 5.32 Å². The summed E-state index contributed by atoms with van der Waals surface area (Å²) < 4.78 is 0. The van der Waals surface area contributed by atoms with Gasteiger partial charge in [0.15, 0.2) is 0 Å². The van der Waals surface area contributed by atoms with E-state index in [0.717, 1.165) is 18.5 Å². The summed E-state index contributed by atoms with van der Waals surface area (Å²) in [6.45, 7) is 0.649. The van der Waals surface area contributed by atoms with Crippen molar-refractivity contribution in [3.05, 3.63) is 29.3 Å². The lowest BCUT2D eigenvalue weighted by Crippen LogP contribution is -2.33. The van der Waals surface area contributed by atoms with Crippen LogP contribution in [0.25, 0.3) is 0 Å². The van der Waals surface area contributed by atoms with E-state index in [-0.39, 0.29) is 30.7 Å². The van der Waals surface area contributed by atoms with Crippen LogP contribution in [0, 0.1) is 18.3 Å². The van der Waals surface area contributed by atoms with Gasteiger partial charge in [-0.05, 0) is 42.5 Å². The first kappa shape index (κ1) is 13.7. The molecule has 4 nitrogen and oxygen atoms in total. The quantitative estimate of drug-likeness (QED) is 0.849. The van der Waals surface area contributed by atoms with E-state index in [0.29, 0.717) is 6.54 Å². The predicted molar refractivity (Wildman–Crippen MR) is 80.8 cm³/mol. The normalized spacial score (nSPS) is 20.2. The minimum Gasteiger partial charge on any atom is -0.345 e. The second kappa shape index (κ2) is 5.61. The number of nitrogens with one attached hydrogen (secondary N) is 1. The number of benzene rings is 1. The van der Waals surface area contributed by atoms with E-state index in [1.54, 1.807) is 4.90 Å². The number of rotatable bonds is 3. The molecule has 1 aromatic carbocycles. The Labute approximate surface area is 124 Å². The second-order valence-corrected chi connectivity index (χ2v) is 5.63. The van der Waals surface area contributed by atoms with Gasteiger partial charge in [-0.3, -0.25) is 9.59 Å². The molecule has 1 atom stereocenters. The minimum atomic E-state index is -0.306. The third kappa shape index (κ3) is 2.64. The topological polar surface area (TPSA) is 49.4 Å². The summed E-state index contributed by atoms with van der Waals surface area (Å²) in [6, 6.07) is 6.20. The van der Waals surface area contributed by atoms with E-state index in [9.17, 15) is 9.59 Å². The van der Waals surface area contributed by atoms with Crippen molar-refractivity contribution in [1.29, 1.82) is 0 Å². The molecule has 2 aliphatic rings. The summed E-state index contributed by atoms with van der Waals surface area (Å²) in [7, 11) is 0. The number of anilines is 1. The van der Waals surface area contributed by atoms with Crippen molar-refractivity contribution in [2.45, 2.75) is 25.7 Å². The van der Waals surface area contributed by atoms with Gasteiger partial charge in [0.05, 0.1) is 12.5 Å². The Morgan fingerprint density at radius 3 is 3.00 bits per heavy atom. The largest absolute Gasteiger partial charge is 0.345 e. The molecular weight excluding hydrogens is 264 g/mol. The molecule has 1 aliphatic heterocycles. The van der Waals surface area contributed by atoms with Gasteiger partial charge < -0.3 is 10.2 Å². The number of hydrogen-bond acceptors (Lipinski definition) is 2. The first-order chi connectivity index (χ1) is 10.2. The standard InChI is InChI=1S/C17H18N2O2/c1-2-8-18-17(21)14-10-16(20)19(11-14)15-7-6-12-4-3-5-13(12)9-15/h1,6-7,9,14H,3-5,8,10-11H2,(H,18,21). The highest BCUT2D eigenvalue weighted by atomic mass is 16.2. The van der Waals surface area contributed by atoms with Crippen LogP contribution in [0.4, 0.5) is 5.69 Å². The zero-order valence-corrected chi connectivity index (χ0v) is 11.9. The zero-order chi connectivity index (χ0) is 14.8. The fourth-order valence-corrected chi connectivity index (χ4v) is 3.14. The van der Waals surface area contributed by atoms with E-state index in [4.69, 9.17) is 6.42 Å². The summed E-state index contributed by atoms with van der Waals surface area (Å²) in [6.07, 6.45) is 8.78. The van der Waals surface area contributed by atoms with Gasteiger partial charge in [0.1, 0.15) is 0 Å². The van der Waals surface area contributed by atoms with Crippen LogP contribution >= 0.6 is 0 Å². The van der Waals surface area contributed by atoms with Crippen LogP contribution in [0.5, 0.6) is 0 Å². The van der Waals surface area contributed by atoms with Crippen molar-refractivity contribution in [3.63, 3.8) is 0 Å². The van der Waals surface area contributed by atoms with Gasteiger partial charge in [0.2, 0.25) is 11.8 Å². The molecule has 108 valence electrons. The van der Waals surface area contributed by atoms with Crippen LogP contribution in [-0.2, 0) is 22.4 Å². The number of aryl methyl sites for hydroxylation is 2. The third-order valence-electron chi connectivity index (χ3n) is 4.25. The van der Waals surface area contributed by atoms with Gasteiger partial charge in [-0.25, -0.2) is 0 Å². The molecular formula is C17H18N2O2. The van der Waals surface area contributed by atoms with Gasteiger partial charge >= 0.3 is 0 Å². The number of hydrogen-bond donors (Lipinski definition) is 1. The van der Waals surface area contributed by atoms with Crippen molar-refractivity contribution >= 4 is 17.5 Å². The Kier molecular flexibility index (Phi) is 3.66. The van der Waals surface area contributed by atoms with Gasteiger partial charge in [-0.15, -0.1) is 6.42 Å². The van der Waals surface area contributed by atoms with E-state index < -0.39 is 0 Å². The van der Waals surface area contributed by atoms with Gasteiger partial charge in [0, 0.05) is 18.7 Å². The minimum absolute atomic E-state index is 0.00815. The summed E-state index contributed by atoms with van der Waals surface area (Å²) in [5, 5.41) is 2.65. The second-order valence-electron chi connectivity index (χ2n) is 5.63. The number of amides is 2. The number of carbonyl (C=O) groups is 2. The highest BCUT2D eigenvalue weighted by Gasteiger charge is 2.35. The van der Waals surface area contributed by atoms with Crippen molar-refractivity contribution < 1.29 is 9.59 Å². The number of carbonyl (C=O) groups excluding carboxylic acids is 2. The average molecular weight is 282 g/mol. The molecule has 0 saturated carbocycles. The van der Waals surface area contributed by atoms with Crippen LogP contribution < -0.4 is 10.2 Å². The van der Waals surface area contributed by atoms with E-state index in [1.807, 2.05) is 6.07 Å². The Bertz CT molecular complexity index is 630. The number of nitrogens with zero attached hydrogens (tertiary/aromatic N) is 1. The molecule has 1 fully saturated rings. The summed E-state index contributed by atoms with van der Waals surface area (Å²) in [5.74, 6) is 1.94. The molecule has 1 unspecified atom stereocenters. The maximum atomic E-state index is 12.2. The molecule has 1 saturated heterocycles. The van der Waals surface area contributed by atoms with Gasteiger partial charge in [-0.2, -0.15) is 0 Å². The lowest BCUT2D eigenvalue weighted by atomic mass is 10.1. The Morgan fingerprint density at radius 2 is 2.19 bits per heavy atom. The highest BCUT2D eigenvalue weighted by Crippen LogP contribution is 2.30. The van der Waals surface area contributed by atoms with Gasteiger partial charge in [-0.1, -0.05) is 12.0 Å². The molecule has 21 heavy (non-hydrogen) atoms. The molecule has 4 heteroatoms. The lowest BCUT2D eigenvalue weighted by Gasteiger charge is -2.17. The maximum Gasteiger partial charge on any atom is 0.227 e. The summed E-state index contributed by atoms with van der Waals surface area (Å²) in [5.41, 5.74) is 3.63. The maximum absolute atomic E-state index is 12.2. The fraction of sp³-hybridized carbons (Fsp3) is 0.412. The van der Waals surface area contributed by atoms with Crippen LogP contribution in [-0.4, -0.2) is 24.9 Å².